The number of aromatic nitrogens is 1. The molecule has 1 atom stereocenters. The summed E-state index contributed by atoms with van der Waals surface area (Å²) in [5.41, 5.74) is 2.90. The van der Waals surface area contributed by atoms with Gasteiger partial charge in [0.25, 0.3) is 0 Å². The predicted molar refractivity (Wildman–Crippen MR) is 87.0 cm³/mol. The smallest absolute Gasteiger partial charge is 0.227 e. The fourth-order valence-electron chi connectivity index (χ4n) is 2.54. The number of nitrogens with one attached hydrogen (secondary N) is 2. The molecule has 2 N–H and O–H groups in total. The van der Waals surface area contributed by atoms with E-state index in [1.807, 2.05) is 36.6 Å². The molecule has 0 aliphatic carbocycles. The number of amides is 2. The third kappa shape index (κ3) is 3.33. The van der Waals surface area contributed by atoms with Crippen molar-refractivity contribution in [3.8, 4) is 0 Å². The number of aryl methyl sites for hydroxylation is 1. The molecule has 0 bridgehead atoms. The predicted octanol–water partition coefficient (Wildman–Crippen LogP) is 2.98. The normalized spacial score (nSPS) is 16.8. The van der Waals surface area contributed by atoms with E-state index in [0.29, 0.717) is 24.4 Å². The van der Waals surface area contributed by atoms with Gasteiger partial charge in [0.05, 0.1) is 5.69 Å². The van der Waals surface area contributed by atoms with Crippen molar-refractivity contribution in [3.05, 3.63) is 40.9 Å². The first kappa shape index (κ1) is 14.7. The maximum absolute atomic E-state index is 12.1. The lowest BCUT2D eigenvalue weighted by atomic mass is 9.89. The molecule has 0 saturated carbocycles. The highest BCUT2D eigenvalue weighted by atomic mass is 32.1. The topological polar surface area (TPSA) is 71.1 Å². The molecule has 22 heavy (non-hydrogen) atoms. The Labute approximate surface area is 132 Å². The highest BCUT2D eigenvalue weighted by Gasteiger charge is 2.26. The van der Waals surface area contributed by atoms with Crippen LogP contribution in [0.25, 0.3) is 0 Å². The maximum Gasteiger partial charge on any atom is 0.227 e. The largest absolute Gasteiger partial charge is 0.326 e. The molecule has 1 aromatic heterocycles. The number of hydrogen-bond acceptors (Lipinski definition) is 4. The van der Waals surface area contributed by atoms with E-state index in [1.165, 1.54) is 11.3 Å². The van der Waals surface area contributed by atoms with Crippen molar-refractivity contribution in [1.29, 1.82) is 0 Å². The molecule has 2 aromatic rings. The van der Waals surface area contributed by atoms with Crippen molar-refractivity contribution in [3.63, 3.8) is 0 Å². The summed E-state index contributed by atoms with van der Waals surface area (Å²) >= 11 is 1.41. The molecular weight excluding hydrogens is 298 g/mol. The fraction of sp³-hybridized carbons (Fsp3) is 0.312. The lowest BCUT2D eigenvalue weighted by Gasteiger charge is -2.24. The molecule has 0 spiro atoms. The minimum absolute atomic E-state index is 0.00315. The highest BCUT2D eigenvalue weighted by molar-refractivity contribution is 7.13. The van der Waals surface area contributed by atoms with E-state index in [9.17, 15) is 9.59 Å². The van der Waals surface area contributed by atoms with Gasteiger partial charge >= 0.3 is 0 Å². The monoisotopic (exact) mass is 315 g/mol. The Hall–Kier alpha value is -2.21. The number of thiazole rings is 1. The van der Waals surface area contributed by atoms with Crippen molar-refractivity contribution >= 4 is 34.0 Å². The zero-order valence-electron chi connectivity index (χ0n) is 12.3. The Morgan fingerprint density at radius 3 is 3.05 bits per heavy atom. The van der Waals surface area contributed by atoms with E-state index >= 15 is 0 Å². The van der Waals surface area contributed by atoms with E-state index in [2.05, 4.69) is 15.6 Å². The Morgan fingerprint density at radius 2 is 2.27 bits per heavy atom. The number of benzene rings is 1. The fourth-order valence-corrected chi connectivity index (χ4v) is 3.25. The van der Waals surface area contributed by atoms with Gasteiger partial charge in [-0.05, 0) is 31.4 Å². The summed E-state index contributed by atoms with van der Waals surface area (Å²) in [6, 6.07) is 7.79. The lowest BCUT2D eigenvalue weighted by molar-refractivity contribution is -0.121. The zero-order valence-corrected chi connectivity index (χ0v) is 13.1. The molecule has 0 fully saturated rings. The number of nitrogens with zero attached hydrogens (tertiary/aromatic N) is 1. The maximum atomic E-state index is 12.1. The number of anilines is 2. The summed E-state index contributed by atoms with van der Waals surface area (Å²) in [5.74, 6) is -0.253. The van der Waals surface area contributed by atoms with Crippen LogP contribution in [0.15, 0.2) is 29.6 Å². The Bertz CT molecular complexity index is 711. The van der Waals surface area contributed by atoms with Crippen LogP contribution in [0.4, 0.5) is 10.8 Å². The van der Waals surface area contributed by atoms with Gasteiger partial charge in [-0.25, -0.2) is 4.98 Å². The van der Waals surface area contributed by atoms with Gasteiger partial charge in [0.2, 0.25) is 11.8 Å². The first-order valence-corrected chi connectivity index (χ1v) is 8.10. The summed E-state index contributed by atoms with van der Waals surface area (Å²) in [5, 5.41) is 8.18. The SMILES string of the molecule is Cc1csc(NC(=O)CC[C@H]2Cc3ccccc3NC2=O)n1. The summed E-state index contributed by atoms with van der Waals surface area (Å²) < 4.78 is 0. The van der Waals surface area contributed by atoms with Crippen molar-refractivity contribution in [2.45, 2.75) is 26.2 Å². The molecule has 0 unspecified atom stereocenters. The van der Waals surface area contributed by atoms with Crippen LogP contribution in [0.2, 0.25) is 0 Å². The number of fused-ring (bicyclic) bond motifs is 1. The third-order valence-electron chi connectivity index (χ3n) is 3.70. The average Bonchev–Trinajstić information content (AvgIpc) is 2.90. The van der Waals surface area contributed by atoms with Gasteiger partial charge in [-0.2, -0.15) is 0 Å². The minimum Gasteiger partial charge on any atom is -0.326 e. The quantitative estimate of drug-likeness (QED) is 0.911. The van der Waals surface area contributed by atoms with Crippen molar-refractivity contribution in [1.82, 2.24) is 4.98 Å². The van der Waals surface area contributed by atoms with Crippen molar-refractivity contribution in [2.24, 2.45) is 5.92 Å². The van der Waals surface area contributed by atoms with Crippen LogP contribution >= 0.6 is 11.3 Å². The molecule has 0 saturated heterocycles. The standard InChI is InChI=1S/C16H17N3O2S/c1-10-9-22-16(17-10)19-14(20)7-6-12-8-11-4-2-3-5-13(11)18-15(12)21/h2-5,9,12H,6-8H2,1H3,(H,18,21)(H,17,19,20)/t12-/m0/s1. The lowest BCUT2D eigenvalue weighted by Crippen LogP contribution is -2.30. The second kappa shape index (κ2) is 6.27. The zero-order chi connectivity index (χ0) is 15.5. The number of carbonyl (C=O) groups excluding carboxylic acids is 2. The first-order valence-electron chi connectivity index (χ1n) is 7.22. The van der Waals surface area contributed by atoms with Crippen molar-refractivity contribution < 1.29 is 9.59 Å². The van der Waals surface area contributed by atoms with Gasteiger partial charge in [0.1, 0.15) is 0 Å². The summed E-state index contributed by atoms with van der Waals surface area (Å²) in [4.78, 5) is 28.2. The van der Waals surface area contributed by atoms with Crippen LogP contribution in [-0.2, 0) is 16.0 Å². The first-order chi connectivity index (χ1) is 10.6. The van der Waals surface area contributed by atoms with Crippen LogP contribution in [0.3, 0.4) is 0 Å². The number of hydrogen-bond donors (Lipinski definition) is 2. The number of para-hydroxylation sites is 1. The van der Waals surface area contributed by atoms with Crippen LogP contribution < -0.4 is 10.6 Å². The second-order valence-corrected chi connectivity index (χ2v) is 6.29. The van der Waals surface area contributed by atoms with Crippen LogP contribution in [0.1, 0.15) is 24.1 Å². The third-order valence-corrected chi connectivity index (χ3v) is 4.57. The Kier molecular flexibility index (Phi) is 4.20. The van der Waals surface area contributed by atoms with E-state index in [4.69, 9.17) is 0 Å². The van der Waals surface area contributed by atoms with Crippen LogP contribution in [-0.4, -0.2) is 16.8 Å². The van der Waals surface area contributed by atoms with E-state index < -0.39 is 0 Å². The molecule has 2 heterocycles. The van der Waals surface area contributed by atoms with Crippen LogP contribution in [0.5, 0.6) is 0 Å². The van der Waals surface area contributed by atoms with Gasteiger partial charge in [-0.15, -0.1) is 11.3 Å². The summed E-state index contributed by atoms with van der Waals surface area (Å²) in [7, 11) is 0. The summed E-state index contributed by atoms with van der Waals surface area (Å²) in [6.45, 7) is 1.88. The van der Waals surface area contributed by atoms with Gasteiger partial charge in [-0.1, -0.05) is 18.2 Å². The molecule has 1 aliphatic rings. The molecule has 2 amide bonds. The molecule has 0 radical (unpaired) electrons. The molecule has 1 aromatic carbocycles. The Morgan fingerprint density at radius 1 is 1.45 bits per heavy atom. The van der Waals surface area contributed by atoms with Gasteiger partial charge in [0.15, 0.2) is 5.13 Å². The average molecular weight is 315 g/mol. The molecule has 3 rings (SSSR count). The van der Waals surface area contributed by atoms with E-state index in [1.54, 1.807) is 0 Å². The second-order valence-electron chi connectivity index (χ2n) is 5.43. The molecule has 6 heteroatoms. The van der Waals surface area contributed by atoms with Gasteiger partial charge in [-0.3, -0.25) is 9.59 Å². The van der Waals surface area contributed by atoms with E-state index in [-0.39, 0.29) is 17.7 Å². The van der Waals surface area contributed by atoms with E-state index in [0.717, 1.165) is 16.9 Å². The van der Waals surface area contributed by atoms with Gasteiger partial charge < -0.3 is 10.6 Å². The highest BCUT2D eigenvalue weighted by Crippen LogP contribution is 2.27. The van der Waals surface area contributed by atoms with Crippen molar-refractivity contribution in [2.75, 3.05) is 10.6 Å². The molecule has 114 valence electrons. The summed E-state index contributed by atoms with van der Waals surface area (Å²) in [6.07, 6.45) is 1.54. The van der Waals surface area contributed by atoms with Gasteiger partial charge in [0, 0.05) is 23.4 Å². The number of rotatable bonds is 4. The minimum atomic E-state index is -0.154. The number of carbonyl (C=O) groups is 2. The Balaban J connectivity index is 1.55. The molecule has 1 aliphatic heterocycles. The van der Waals surface area contributed by atoms with Crippen LogP contribution in [0, 0.1) is 12.8 Å². The molecule has 5 nitrogen and oxygen atoms in total. The molecular formula is C16H17N3O2S.